The summed E-state index contributed by atoms with van der Waals surface area (Å²) in [5, 5.41) is 5.47. The van der Waals surface area contributed by atoms with Crippen LogP contribution in [0.1, 0.15) is 12.0 Å². The number of carbonyl (C=O) groups is 1. The van der Waals surface area contributed by atoms with E-state index >= 15 is 0 Å². The average Bonchev–Trinajstić information content (AvgIpc) is 2.74. The summed E-state index contributed by atoms with van der Waals surface area (Å²) in [4.78, 5) is 13.7. The zero-order valence-electron chi connectivity index (χ0n) is 12.7. The lowest BCUT2D eigenvalue weighted by Gasteiger charge is -2.13. The van der Waals surface area contributed by atoms with Crippen LogP contribution in [0.2, 0.25) is 0 Å². The lowest BCUT2D eigenvalue weighted by atomic mass is 10.1. The molecule has 0 fully saturated rings. The molecule has 4 rings (SSSR count). The maximum atomic E-state index is 12.5. The van der Waals surface area contributed by atoms with Gasteiger partial charge in [0, 0.05) is 10.6 Å². The molecule has 1 atom stereocenters. The number of para-hydroxylation sites is 1. The molecule has 114 valence electrons. The molecule has 0 radical (unpaired) electrons. The van der Waals surface area contributed by atoms with Gasteiger partial charge < -0.3 is 5.32 Å². The fourth-order valence-electron chi connectivity index (χ4n) is 3.01. The Morgan fingerprint density at radius 2 is 1.70 bits per heavy atom. The molecule has 0 aliphatic carbocycles. The number of rotatable bonds is 2. The van der Waals surface area contributed by atoms with Crippen LogP contribution in [0.5, 0.6) is 0 Å². The fraction of sp³-hybridized carbons (Fsp3) is 0.150. The lowest BCUT2D eigenvalue weighted by Crippen LogP contribution is -2.23. The molecular weight excluding hydrogens is 302 g/mol. The van der Waals surface area contributed by atoms with Gasteiger partial charge in [-0.15, -0.1) is 11.8 Å². The van der Waals surface area contributed by atoms with Crippen LogP contribution in [-0.2, 0) is 11.2 Å². The van der Waals surface area contributed by atoms with Crippen LogP contribution in [0.4, 0.5) is 5.69 Å². The third-order valence-corrected chi connectivity index (χ3v) is 5.50. The van der Waals surface area contributed by atoms with Gasteiger partial charge in [0.05, 0.1) is 5.25 Å². The molecule has 1 heterocycles. The smallest absolute Gasteiger partial charge is 0.237 e. The predicted octanol–water partition coefficient (Wildman–Crippen LogP) is 4.89. The summed E-state index contributed by atoms with van der Waals surface area (Å²) in [7, 11) is 0. The number of hydrogen-bond donors (Lipinski definition) is 1. The summed E-state index contributed by atoms with van der Waals surface area (Å²) in [5.41, 5.74) is 2.18. The fourth-order valence-corrected chi connectivity index (χ4v) is 4.08. The molecule has 1 N–H and O–H groups in total. The largest absolute Gasteiger partial charge is 0.325 e. The van der Waals surface area contributed by atoms with Gasteiger partial charge in [-0.25, -0.2) is 0 Å². The zero-order chi connectivity index (χ0) is 15.6. The average molecular weight is 319 g/mol. The molecule has 1 amide bonds. The van der Waals surface area contributed by atoms with E-state index in [0.717, 1.165) is 23.4 Å². The Morgan fingerprint density at radius 3 is 2.61 bits per heavy atom. The Hall–Kier alpha value is -2.26. The first kappa shape index (κ1) is 14.3. The molecule has 3 heteroatoms. The summed E-state index contributed by atoms with van der Waals surface area (Å²) in [6, 6.07) is 22.8. The number of hydrogen-bond acceptors (Lipinski definition) is 2. The van der Waals surface area contributed by atoms with Crippen LogP contribution in [0.3, 0.4) is 0 Å². The minimum Gasteiger partial charge on any atom is -0.325 e. The van der Waals surface area contributed by atoms with E-state index in [1.165, 1.54) is 16.3 Å². The van der Waals surface area contributed by atoms with E-state index in [0.29, 0.717) is 0 Å². The molecule has 0 saturated carbocycles. The molecule has 1 aliphatic rings. The van der Waals surface area contributed by atoms with Crippen LogP contribution < -0.4 is 5.32 Å². The van der Waals surface area contributed by atoms with Crippen molar-refractivity contribution in [3.8, 4) is 0 Å². The van der Waals surface area contributed by atoms with Crippen LogP contribution in [0.15, 0.2) is 71.6 Å². The predicted molar refractivity (Wildman–Crippen MR) is 97.0 cm³/mol. The first-order valence-electron chi connectivity index (χ1n) is 7.84. The molecule has 0 spiro atoms. The van der Waals surface area contributed by atoms with E-state index in [9.17, 15) is 4.79 Å². The Morgan fingerprint density at radius 1 is 0.913 bits per heavy atom. The van der Waals surface area contributed by atoms with Crippen molar-refractivity contribution in [3.05, 3.63) is 72.3 Å². The highest BCUT2D eigenvalue weighted by atomic mass is 32.2. The summed E-state index contributed by atoms with van der Waals surface area (Å²) in [5.74, 6) is 0.105. The summed E-state index contributed by atoms with van der Waals surface area (Å²) in [6.07, 6.45) is 1.79. The van der Waals surface area contributed by atoms with Crippen LogP contribution in [0.25, 0.3) is 10.8 Å². The second kappa shape index (κ2) is 6.09. The van der Waals surface area contributed by atoms with Gasteiger partial charge in [0.25, 0.3) is 0 Å². The van der Waals surface area contributed by atoms with Crippen LogP contribution in [0, 0.1) is 0 Å². The zero-order valence-corrected chi connectivity index (χ0v) is 13.5. The van der Waals surface area contributed by atoms with E-state index in [4.69, 9.17) is 0 Å². The third kappa shape index (κ3) is 2.97. The first-order valence-corrected chi connectivity index (χ1v) is 8.72. The molecule has 1 unspecified atom stereocenters. The number of aryl methyl sites for hydroxylation is 1. The second-order valence-corrected chi connectivity index (χ2v) is 7.08. The van der Waals surface area contributed by atoms with Gasteiger partial charge in [-0.2, -0.15) is 0 Å². The second-order valence-electron chi connectivity index (χ2n) is 5.80. The Balaban J connectivity index is 1.57. The van der Waals surface area contributed by atoms with Gasteiger partial charge >= 0.3 is 0 Å². The lowest BCUT2D eigenvalue weighted by molar-refractivity contribution is -0.115. The number of nitrogens with one attached hydrogen (secondary N) is 1. The van der Waals surface area contributed by atoms with Gasteiger partial charge in [-0.05, 0) is 47.4 Å². The minimum atomic E-state index is -0.0523. The number of carbonyl (C=O) groups excluding carboxylic acids is 1. The molecular formula is C20H17NOS. The number of anilines is 1. The van der Waals surface area contributed by atoms with Gasteiger partial charge in [0.1, 0.15) is 0 Å². The molecule has 23 heavy (non-hydrogen) atoms. The standard InChI is InChI=1S/C20H17NOS/c22-20-19(12-10-15-6-3-4-8-18(15)21-20)23-17-11-9-14-5-1-2-7-16(14)13-17/h1-9,11,13,19H,10,12H2,(H,21,22). The van der Waals surface area contributed by atoms with E-state index in [-0.39, 0.29) is 11.2 Å². The van der Waals surface area contributed by atoms with Crippen molar-refractivity contribution >= 4 is 34.1 Å². The third-order valence-electron chi connectivity index (χ3n) is 4.24. The Labute approximate surface area is 139 Å². The van der Waals surface area contributed by atoms with Crippen molar-refractivity contribution in [2.45, 2.75) is 23.0 Å². The SMILES string of the molecule is O=C1Nc2ccccc2CCC1Sc1ccc2ccccc2c1. The Bertz CT molecular complexity index is 874. The van der Waals surface area contributed by atoms with Crippen molar-refractivity contribution in [1.29, 1.82) is 0 Å². The summed E-state index contributed by atoms with van der Waals surface area (Å²) in [6.45, 7) is 0. The molecule has 3 aromatic carbocycles. The minimum absolute atomic E-state index is 0.0523. The van der Waals surface area contributed by atoms with Crippen molar-refractivity contribution in [3.63, 3.8) is 0 Å². The highest BCUT2D eigenvalue weighted by molar-refractivity contribution is 8.00. The molecule has 0 saturated heterocycles. The number of amides is 1. The van der Waals surface area contributed by atoms with Gasteiger partial charge in [0.2, 0.25) is 5.91 Å². The monoisotopic (exact) mass is 319 g/mol. The first-order chi connectivity index (χ1) is 11.3. The van der Waals surface area contributed by atoms with E-state index in [1.54, 1.807) is 11.8 Å². The van der Waals surface area contributed by atoms with Crippen LogP contribution in [-0.4, -0.2) is 11.2 Å². The maximum absolute atomic E-state index is 12.5. The van der Waals surface area contributed by atoms with E-state index in [2.05, 4.69) is 41.7 Å². The number of benzene rings is 3. The van der Waals surface area contributed by atoms with E-state index in [1.807, 2.05) is 30.3 Å². The molecule has 2 nitrogen and oxygen atoms in total. The summed E-state index contributed by atoms with van der Waals surface area (Å²) >= 11 is 1.66. The van der Waals surface area contributed by atoms with Crippen molar-refractivity contribution in [2.24, 2.45) is 0 Å². The topological polar surface area (TPSA) is 29.1 Å². The van der Waals surface area contributed by atoms with Gasteiger partial charge in [0.15, 0.2) is 0 Å². The van der Waals surface area contributed by atoms with Crippen LogP contribution >= 0.6 is 11.8 Å². The summed E-state index contributed by atoms with van der Waals surface area (Å²) < 4.78 is 0. The number of thioether (sulfide) groups is 1. The molecule has 3 aromatic rings. The quantitative estimate of drug-likeness (QED) is 0.729. The molecule has 1 aliphatic heterocycles. The Kier molecular flexibility index (Phi) is 3.80. The number of fused-ring (bicyclic) bond motifs is 2. The normalized spacial score (nSPS) is 17.4. The highest BCUT2D eigenvalue weighted by Gasteiger charge is 2.24. The molecule has 0 aromatic heterocycles. The van der Waals surface area contributed by atoms with Crippen molar-refractivity contribution < 1.29 is 4.79 Å². The van der Waals surface area contributed by atoms with Crippen molar-refractivity contribution in [2.75, 3.05) is 5.32 Å². The van der Waals surface area contributed by atoms with Gasteiger partial charge in [-0.1, -0.05) is 48.5 Å². The van der Waals surface area contributed by atoms with Crippen molar-refractivity contribution in [1.82, 2.24) is 0 Å². The molecule has 0 bridgehead atoms. The maximum Gasteiger partial charge on any atom is 0.237 e. The van der Waals surface area contributed by atoms with Gasteiger partial charge in [-0.3, -0.25) is 4.79 Å². The van der Waals surface area contributed by atoms with E-state index < -0.39 is 0 Å². The highest BCUT2D eigenvalue weighted by Crippen LogP contribution is 2.32.